The first kappa shape index (κ1) is 14.3. The molecule has 0 spiro atoms. The van der Waals surface area contributed by atoms with Gasteiger partial charge in [-0.1, -0.05) is 52.9 Å². The predicted molar refractivity (Wildman–Crippen MR) is 81.0 cm³/mol. The molecule has 4 heteroatoms. The highest BCUT2D eigenvalue weighted by Gasteiger charge is 2.19. The molecule has 0 aromatic heterocycles. The van der Waals surface area contributed by atoms with Crippen LogP contribution in [0.3, 0.4) is 0 Å². The van der Waals surface area contributed by atoms with E-state index >= 15 is 0 Å². The average Bonchev–Trinajstić information content (AvgIpc) is 2.38. The third-order valence-corrected chi connectivity index (χ3v) is 4.44. The Kier molecular flexibility index (Phi) is 5.49. The van der Waals surface area contributed by atoms with E-state index in [4.69, 9.17) is 17.3 Å². The normalized spacial score (nSPS) is 18.8. The lowest BCUT2D eigenvalue weighted by Gasteiger charge is -2.28. The standard InChI is InChI=1S/C14H20BrClN2/c15-10-6-7-12(13(16)8-10)14(9-17)18-11-4-2-1-3-5-11/h6-8,11,14,18H,1-5,9,17H2. The zero-order valence-corrected chi connectivity index (χ0v) is 12.8. The number of nitrogens with one attached hydrogen (secondary N) is 1. The molecule has 2 nitrogen and oxygen atoms in total. The van der Waals surface area contributed by atoms with Crippen LogP contribution < -0.4 is 11.1 Å². The Morgan fingerprint density at radius 2 is 2.06 bits per heavy atom. The SMILES string of the molecule is NCC(NC1CCCCC1)c1ccc(Br)cc1Cl. The smallest absolute Gasteiger partial charge is 0.0465 e. The molecule has 1 unspecified atom stereocenters. The molecule has 0 saturated heterocycles. The second-order valence-electron chi connectivity index (χ2n) is 4.96. The first-order chi connectivity index (χ1) is 8.70. The van der Waals surface area contributed by atoms with Gasteiger partial charge in [0.1, 0.15) is 0 Å². The summed E-state index contributed by atoms with van der Waals surface area (Å²) in [6.07, 6.45) is 6.52. The third kappa shape index (κ3) is 3.70. The van der Waals surface area contributed by atoms with Crippen LogP contribution in [0.5, 0.6) is 0 Å². The van der Waals surface area contributed by atoms with Gasteiger partial charge in [-0.05, 0) is 30.5 Å². The third-order valence-electron chi connectivity index (χ3n) is 3.62. The summed E-state index contributed by atoms with van der Waals surface area (Å²) in [6, 6.07) is 6.76. The topological polar surface area (TPSA) is 38.0 Å². The Morgan fingerprint density at radius 3 is 2.67 bits per heavy atom. The second-order valence-corrected chi connectivity index (χ2v) is 6.28. The molecular weight excluding hydrogens is 312 g/mol. The Hall–Kier alpha value is -0.0900. The van der Waals surface area contributed by atoms with Gasteiger partial charge >= 0.3 is 0 Å². The minimum absolute atomic E-state index is 0.161. The highest BCUT2D eigenvalue weighted by molar-refractivity contribution is 9.10. The highest BCUT2D eigenvalue weighted by Crippen LogP contribution is 2.28. The Labute approximate surface area is 122 Å². The maximum absolute atomic E-state index is 6.30. The van der Waals surface area contributed by atoms with Gasteiger partial charge in [-0.15, -0.1) is 0 Å². The molecule has 1 aliphatic rings. The first-order valence-corrected chi connectivity index (χ1v) is 7.79. The highest BCUT2D eigenvalue weighted by atomic mass is 79.9. The van der Waals surface area contributed by atoms with Crippen LogP contribution in [0.1, 0.15) is 43.7 Å². The van der Waals surface area contributed by atoms with Crippen molar-refractivity contribution in [2.24, 2.45) is 5.73 Å². The van der Waals surface area contributed by atoms with E-state index in [-0.39, 0.29) is 6.04 Å². The molecule has 0 radical (unpaired) electrons. The molecule has 1 fully saturated rings. The summed E-state index contributed by atoms with van der Waals surface area (Å²) in [5, 5.41) is 4.44. The van der Waals surface area contributed by atoms with Crippen molar-refractivity contribution in [3.05, 3.63) is 33.3 Å². The molecule has 0 amide bonds. The Balaban J connectivity index is 2.07. The van der Waals surface area contributed by atoms with Gasteiger partial charge in [0, 0.05) is 28.1 Å². The summed E-state index contributed by atoms with van der Waals surface area (Å²) in [6.45, 7) is 0.581. The molecule has 3 N–H and O–H groups in total. The van der Waals surface area contributed by atoms with E-state index in [2.05, 4.69) is 27.3 Å². The van der Waals surface area contributed by atoms with E-state index in [0.717, 1.165) is 15.1 Å². The molecule has 100 valence electrons. The summed E-state index contributed by atoms with van der Waals surface area (Å²) in [4.78, 5) is 0. The fourth-order valence-electron chi connectivity index (χ4n) is 2.62. The number of rotatable bonds is 4. The van der Waals surface area contributed by atoms with Crippen molar-refractivity contribution in [2.45, 2.75) is 44.2 Å². The van der Waals surface area contributed by atoms with Crippen molar-refractivity contribution >= 4 is 27.5 Å². The molecule has 0 heterocycles. The molecule has 1 aromatic rings. The van der Waals surface area contributed by atoms with Gasteiger partial charge in [0.05, 0.1) is 0 Å². The van der Waals surface area contributed by atoms with Crippen molar-refractivity contribution in [1.29, 1.82) is 0 Å². The van der Waals surface area contributed by atoms with Gasteiger partial charge in [0.25, 0.3) is 0 Å². The molecule has 1 aliphatic carbocycles. The number of nitrogens with two attached hydrogens (primary N) is 1. The lowest BCUT2D eigenvalue weighted by molar-refractivity contribution is 0.340. The van der Waals surface area contributed by atoms with Gasteiger partial charge in [-0.25, -0.2) is 0 Å². The lowest BCUT2D eigenvalue weighted by atomic mass is 9.94. The molecule has 0 aliphatic heterocycles. The second kappa shape index (κ2) is 6.90. The molecule has 2 rings (SSSR count). The zero-order valence-electron chi connectivity index (χ0n) is 10.5. The van der Waals surface area contributed by atoms with E-state index in [9.17, 15) is 0 Å². The van der Waals surface area contributed by atoms with Crippen molar-refractivity contribution in [2.75, 3.05) is 6.54 Å². The first-order valence-electron chi connectivity index (χ1n) is 6.62. The summed E-state index contributed by atoms with van der Waals surface area (Å²) >= 11 is 9.72. The maximum atomic E-state index is 6.30. The van der Waals surface area contributed by atoms with Crippen molar-refractivity contribution in [3.8, 4) is 0 Å². The van der Waals surface area contributed by atoms with Crippen LogP contribution in [-0.2, 0) is 0 Å². The molecule has 0 bridgehead atoms. The van der Waals surface area contributed by atoms with Gasteiger partial charge in [-0.2, -0.15) is 0 Å². The van der Waals surface area contributed by atoms with Gasteiger partial charge in [-0.3, -0.25) is 0 Å². The van der Waals surface area contributed by atoms with Crippen LogP contribution in [0.15, 0.2) is 22.7 Å². The van der Waals surface area contributed by atoms with Crippen molar-refractivity contribution < 1.29 is 0 Å². The van der Waals surface area contributed by atoms with Crippen LogP contribution in [0, 0.1) is 0 Å². The van der Waals surface area contributed by atoms with Crippen LogP contribution >= 0.6 is 27.5 Å². The predicted octanol–water partition coefficient (Wildman–Crippen LogP) is 4.02. The van der Waals surface area contributed by atoms with E-state index in [1.807, 2.05) is 12.1 Å². The number of hydrogen-bond donors (Lipinski definition) is 2. The van der Waals surface area contributed by atoms with Gasteiger partial charge in [0.2, 0.25) is 0 Å². The molecule has 1 atom stereocenters. The minimum Gasteiger partial charge on any atom is -0.329 e. The van der Waals surface area contributed by atoms with E-state index in [1.165, 1.54) is 32.1 Å². The molecule has 1 aromatic carbocycles. The zero-order chi connectivity index (χ0) is 13.0. The van der Waals surface area contributed by atoms with Gasteiger partial charge < -0.3 is 11.1 Å². The summed E-state index contributed by atoms with van der Waals surface area (Å²) in [5.41, 5.74) is 7.00. The Bertz CT molecular complexity index is 391. The molecule has 1 saturated carbocycles. The van der Waals surface area contributed by atoms with E-state index < -0.39 is 0 Å². The van der Waals surface area contributed by atoms with E-state index in [1.54, 1.807) is 0 Å². The van der Waals surface area contributed by atoms with Crippen molar-refractivity contribution in [1.82, 2.24) is 5.32 Å². The fourth-order valence-corrected chi connectivity index (χ4v) is 3.43. The minimum atomic E-state index is 0.161. The number of halogens is 2. The van der Waals surface area contributed by atoms with E-state index in [0.29, 0.717) is 12.6 Å². The number of benzene rings is 1. The maximum Gasteiger partial charge on any atom is 0.0465 e. The molecule has 18 heavy (non-hydrogen) atoms. The monoisotopic (exact) mass is 330 g/mol. The quantitative estimate of drug-likeness (QED) is 0.874. The molecular formula is C14H20BrClN2. The van der Waals surface area contributed by atoms with Crippen LogP contribution in [0.25, 0.3) is 0 Å². The number of hydrogen-bond acceptors (Lipinski definition) is 2. The summed E-state index contributed by atoms with van der Waals surface area (Å²) in [5.74, 6) is 0. The van der Waals surface area contributed by atoms with Crippen LogP contribution in [0.4, 0.5) is 0 Å². The summed E-state index contributed by atoms with van der Waals surface area (Å²) in [7, 11) is 0. The average molecular weight is 332 g/mol. The van der Waals surface area contributed by atoms with Gasteiger partial charge in [0.15, 0.2) is 0 Å². The van der Waals surface area contributed by atoms with Crippen LogP contribution in [-0.4, -0.2) is 12.6 Å². The van der Waals surface area contributed by atoms with Crippen molar-refractivity contribution in [3.63, 3.8) is 0 Å². The Morgan fingerprint density at radius 1 is 1.33 bits per heavy atom. The largest absolute Gasteiger partial charge is 0.329 e. The lowest BCUT2D eigenvalue weighted by Crippen LogP contribution is -2.38. The fraction of sp³-hybridized carbons (Fsp3) is 0.571. The van der Waals surface area contributed by atoms with Crippen LogP contribution in [0.2, 0.25) is 5.02 Å². The summed E-state index contributed by atoms with van der Waals surface area (Å²) < 4.78 is 1.00.